The molecule has 0 aliphatic carbocycles. The van der Waals surface area contributed by atoms with Gasteiger partial charge in [0.05, 0.1) is 39.5 Å². The molecule has 5 nitrogen and oxygen atoms in total. The van der Waals surface area contributed by atoms with Crippen molar-refractivity contribution < 1.29 is 34.6 Å². The molecule has 11 aromatic rings. The van der Waals surface area contributed by atoms with E-state index in [0.29, 0.717) is 33.9 Å². The van der Waals surface area contributed by atoms with E-state index in [1.54, 1.807) is 6.07 Å². The van der Waals surface area contributed by atoms with Crippen LogP contribution in [0, 0.1) is 12.1 Å². The van der Waals surface area contributed by atoms with Crippen LogP contribution in [0.25, 0.3) is 89.2 Å². The Bertz CT molecular complexity index is 3810. The van der Waals surface area contributed by atoms with E-state index in [-0.39, 0.29) is 50.3 Å². The molecule has 11 rings (SSSR count). The van der Waals surface area contributed by atoms with Gasteiger partial charge in [-0.2, -0.15) is 0 Å². The van der Waals surface area contributed by atoms with Crippen LogP contribution in [0.3, 0.4) is 0 Å². The molecule has 0 amide bonds. The van der Waals surface area contributed by atoms with E-state index in [1.807, 2.05) is 83.4 Å². The second kappa shape index (κ2) is 21.0. The third-order valence-electron chi connectivity index (χ3n) is 14.2. The van der Waals surface area contributed by atoms with Crippen molar-refractivity contribution in [3.63, 3.8) is 0 Å². The van der Waals surface area contributed by atoms with Crippen molar-refractivity contribution in [1.82, 2.24) is 19.1 Å². The summed E-state index contributed by atoms with van der Waals surface area (Å²) in [5.74, 6) is 2.65. The van der Waals surface area contributed by atoms with Gasteiger partial charge in [-0.1, -0.05) is 187 Å². The number of ether oxygens (including phenoxy) is 1. The SMILES string of the molecule is CC(C)c1cc(-c2ccccc2)cc(C(C)C)c1-n1c(-c2[c-]c(Oc3[c-]c(-c4nc5cccc(C(F)F)c5n4-c4c(C(C)C)cc(-c5ccccc5)cc4C(C)C)cc4ccccc34)ccc2)nc2ccccc21.[Pt+2]. The number of benzene rings is 9. The Balaban J connectivity index is 0.00000641. The number of fused-ring (bicyclic) bond motifs is 3. The maximum atomic E-state index is 15.4. The van der Waals surface area contributed by atoms with Crippen molar-refractivity contribution >= 4 is 32.8 Å². The topological polar surface area (TPSA) is 44.9 Å². The second-order valence-corrected chi connectivity index (χ2v) is 20.5. The Morgan fingerprint density at radius 3 is 1.52 bits per heavy atom. The minimum absolute atomic E-state index is 0. The quantitative estimate of drug-likeness (QED) is 0.108. The van der Waals surface area contributed by atoms with Gasteiger partial charge in [0, 0.05) is 22.7 Å². The van der Waals surface area contributed by atoms with E-state index in [1.165, 1.54) is 28.3 Å². The normalized spacial score (nSPS) is 11.8. The first-order valence-electron chi connectivity index (χ1n) is 25.7. The van der Waals surface area contributed by atoms with Crippen LogP contribution >= 0.6 is 0 Å². The number of imidazole rings is 2. The maximum Gasteiger partial charge on any atom is 2.00 e. The molecule has 9 aromatic carbocycles. The molecule has 0 fully saturated rings. The molecule has 0 aliphatic heterocycles. The summed E-state index contributed by atoms with van der Waals surface area (Å²) in [4.78, 5) is 10.6. The fourth-order valence-electron chi connectivity index (χ4n) is 10.6. The minimum atomic E-state index is -2.74. The largest absolute Gasteiger partial charge is 2.00 e. The number of aromatic nitrogens is 4. The van der Waals surface area contributed by atoms with Gasteiger partial charge in [-0.05, 0) is 111 Å². The zero-order chi connectivity index (χ0) is 51.4. The van der Waals surface area contributed by atoms with Crippen molar-refractivity contribution in [3.8, 4) is 67.9 Å². The summed E-state index contributed by atoms with van der Waals surface area (Å²) in [6, 6.07) is 66.6. The summed E-state index contributed by atoms with van der Waals surface area (Å²) in [5, 5.41) is 1.72. The molecular formula is C67H58F2N4OPt. The summed E-state index contributed by atoms with van der Waals surface area (Å²) in [7, 11) is 0. The Kier molecular flexibility index (Phi) is 14.3. The fraction of sp³-hybridized carbons (Fsp3) is 0.194. The van der Waals surface area contributed by atoms with Crippen LogP contribution in [0.5, 0.6) is 11.5 Å². The van der Waals surface area contributed by atoms with E-state index in [9.17, 15) is 0 Å². The van der Waals surface area contributed by atoms with Crippen molar-refractivity contribution in [2.24, 2.45) is 0 Å². The van der Waals surface area contributed by atoms with Gasteiger partial charge in [0.15, 0.2) is 0 Å². The van der Waals surface area contributed by atoms with E-state index in [0.717, 1.165) is 66.8 Å². The Morgan fingerprint density at radius 2 is 0.933 bits per heavy atom. The molecule has 8 heteroatoms. The zero-order valence-electron chi connectivity index (χ0n) is 43.4. The van der Waals surface area contributed by atoms with E-state index in [4.69, 9.17) is 14.7 Å². The van der Waals surface area contributed by atoms with Crippen molar-refractivity contribution in [2.75, 3.05) is 0 Å². The first-order chi connectivity index (χ1) is 35.8. The van der Waals surface area contributed by atoms with Crippen molar-refractivity contribution in [2.45, 2.75) is 85.5 Å². The van der Waals surface area contributed by atoms with E-state index in [2.05, 4.69) is 157 Å². The molecule has 2 heterocycles. The molecule has 0 saturated heterocycles. The molecular weight excluding hydrogens is 1110 g/mol. The van der Waals surface area contributed by atoms with Gasteiger partial charge in [0.1, 0.15) is 0 Å². The van der Waals surface area contributed by atoms with E-state index >= 15 is 8.78 Å². The molecule has 75 heavy (non-hydrogen) atoms. The van der Waals surface area contributed by atoms with Gasteiger partial charge in [-0.3, -0.25) is 9.97 Å². The Hall–Kier alpha value is -7.47. The Labute approximate surface area is 453 Å². The number of halogens is 2. The summed E-state index contributed by atoms with van der Waals surface area (Å²) in [6.45, 7) is 17.7. The summed E-state index contributed by atoms with van der Waals surface area (Å²) >= 11 is 0. The minimum Gasteiger partial charge on any atom is -0.496 e. The van der Waals surface area contributed by atoms with Crippen LogP contribution in [0.15, 0.2) is 176 Å². The van der Waals surface area contributed by atoms with Crippen molar-refractivity contribution in [1.29, 1.82) is 0 Å². The predicted octanol–water partition coefficient (Wildman–Crippen LogP) is 19.0. The van der Waals surface area contributed by atoms with Gasteiger partial charge in [0.2, 0.25) is 0 Å². The van der Waals surface area contributed by atoms with Crippen LogP contribution < -0.4 is 4.74 Å². The number of hydrogen-bond donors (Lipinski definition) is 0. The molecule has 0 spiro atoms. The summed E-state index contributed by atoms with van der Waals surface area (Å²) in [5.41, 5.74) is 15.0. The number of para-hydroxylation sites is 3. The van der Waals surface area contributed by atoms with Gasteiger partial charge in [-0.25, -0.2) is 8.78 Å². The predicted molar refractivity (Wildman–Crippen MR) is 300 cm³/mol. The van der Waals surface area contributed by atoms with Crippen LogP contribution in [-0.4, -0.2) is 19.1 Å². The van der Waals surface area contributed by atoms with Gasteiger partial charge >= 0.3 is 21.1 Å². The fourth-order valence-corrected chi connectivity index (χ4v) is 10.6. The number of nitrogens with zero attached hydrogens (tertiary/aromatic N) is 4. The molecule has 376 valence electrons. The molecule has 0 atom stereocenters. The monoisotopic (exact) mass is 1170 g/mol. The molecule has 0 radical (unpaired) electrons. The summed E-state index contributed by atoms with van der Waals surface area (Å²) in [6.07, 6.45) is -2.74. The van der Waals surface area contributed by atoms with Gasteiger partial charge < -0.3 is 13.9 Å². The van der Waals surface area contributed by atoms with E-state index < -0.39 is 6.43 Å². The van der Waals surface area contributed by atoms with Crippen LogP contribution in [-0.2, 0) is 21.1 Å². The third-order valence-corrected chi connectivity index (χ3v) is 14.2. The molecule has 0 unspecified atom stereocenters. The average molecular weight is 1170 g/mol. The first kappa shape index (κ1) is 51.0. The number of rotatable bonds is 13. The van der Waals surface area contributed by atoms with Crippen LogP contribution in [0.1, 0.15) is 113 Å². The summed E-state index contributed by atoms with van der Waals surface area (Å²) < 4.78 is 42.0. The molecule has 0 saturated carbocycles. The molecule has 0 N–H and O–H groups in total. The van der Waals surface area contributed by atoms with Crippen LogP contribution in [0.2, 0.25) is 0 Å². The zero-order valence-corrected chi connectivity index (χ0v) is 45.7. The maximum absolute atomic E-state index is 15.4. The molecule has 2 aromatic heterocycles. The van der Waals surface area contributed by atoms with Crippen LogP contribution in [0.4, 0.5) is 8.78 Å². The number of hydrogen-bond acceptors (Lipinski definition) is 3. The van der Waals surface area contributed by atoms with Gasteiger partial charge in [-0.15, -0.1) is 35.4 Å². The number of alkyl halides is 2. The smallest absolute Gasteiger partial charge is 0.496 e. The standard InChI is InChI=1S/C67H58F2N4O.Pt/c1-40(2)54-35-48(44-21-11-9-12-22-44)36-55(41(3)4)62(54)72-60-32-18-17-30-58(60)70-66(72)47-26-19-27-51(34-47)74-61-39-50(33-46-25-15-16-28-52(46)61)67-71-59-31-20-29-53(65(68)69)64(59)73(67)63-56(42(5)6)37-49(38-57(63)43(7)8)45-23-13-10-14-24-45;/h9-33,35-38,40-43,65H,1-8H3;/q-2;+2. The first-order valence-corrected chi connectivity index (χ1v) is 25.7. The molecule has 0 bridgehead atoms. The third kappa shape index (κ3) is 9.53. The Morgan fingerprint density at radius 1 is 0.440 bits per heavy atom. The second-order valence-electron chi connectivity index (χ2n) is 20.5. The molecule has 0 aliphatic rings. The van der Waals surface area contributed by atoms with Crippen molar-refractivity contribution in [3.05, 3.63) is 216 Å². The van der Waals surface area contributed by atoms with Gasteiger partial charge in [0.25, 0.3) is 6.43 Å². The average Bonchev–Trinajstić information content (AvgIpc) is 4.00.